The maximum atomic E-state index is 13.5. The highest BCUT2D eigenvalue weighted by Gasteiger charge is 2.09. The number of hydrogen-bond acceptors (Lipinski definition) is 5. The van der Waals surface area contributed by atoms with Gasteiger partial charge in [0, 0.05) is 19.7 Å². The van der Waals surface area contributed by atoms with Crippen molar-refractivity contribution in [2.45, 2.75) is 6.54 Å². The lowest BCUT2D eigenvalue weighted by atomic mass is 10.3. The Labute approximate surface area is 118 Å². The molecule has 19 heavy (non-hydrogen) atoms. The molecule has 0 aliphatic rings. The summed E-state index contributed by atoms with van der Waals surface area (Å²) in [6.45, 7) is 1.78. The summed E-state index contributed by atoms with van der Waals surface area (Å²) in [6, 6.07) is 4.73. The highest BCUT2D eigenvalue weighted by atomic mass is 79.9. The maximum absolute atomic E-state index is 13.5. The van der Waals surface area contributed by atoms with Gasteiger partial charge in [0.2, 0.25) is 0 Å². The Kier molecular flexibility index (Phi) is 4.94. The minimum absolute atomic E-state index is 0.355. The molecule has 8 heteroatoms. The molecule has 6 nitrogen and oxygen atoms in total. The third-order valence-electron chi connectivity index (χ3n) is 2.45. The topological polar surface area (TPSA) is 64.9 Å². The molecule has 0 saturated carbocycles. The van der Waals surface area contributed by atoms with E-state index in [1.54, 1.807) is 19.2 Å². The Balaban J connectivity index is 2.12. The second-order valence-electron chi connectivity index (χ2n) is 3.77. The van der Waals surface area contributed by atoms with Gasteiger partial charge >= 0.3 is 0 Å². The minimum atomic E-state index is -0.355. The minimum Gasteiger partial charge on any atom is -0.383 e. The monoisotopic (exact) mass is 329 g/mol. The molecule has 1 N–H and O–H groups in total. The lowest BCUT2D eigenvalue weighted by Gasteiger charge is -2.06. The van der Waals surface area contributed by atoms with E-state index in [2.05, 4.69) is 36.8 Å². The average molecular weight is 330 g/mol. The largest absolute Gasteiger partial charge is 0.383 e. The summed E-state index contributed by atoms with van der Waals surface area (Å²) in [6.07, 6.45) is 0. The van der Waals surface area contributed by atoms with Gasteiger partial charge in [-0.3, -0.25) is 0 Å². The van der Waals surface area contributed by atoms with Crippen LogP contribution in [-0.4, -0.2) is 40.5 Å². The van der Waals surface area contributed by atoms with Gasteiger partial charge in [0.15, 0.2) is 5.82 Å². The predicted molar refractivity (Wildman–Crippen MR) is 70.4 cm³/mol. The molecule has 1 aromatic heterocycles. The van der Waals surface area contributed by atoms with E-state index in [9.17, 15) is 4.39 Å². The normalized spacial score (nSPS) is 10.9. The fraction of sp³-hybridized carbons (Fsp3) is 0.364. The van der Waals surface area contributed by atoms with E-state index in [1.807, 2.05) is 0 Å². The molecule has 0 amide bonds. The molecule has 0 radical (unpaired) electrons. The van der Waals surface area contributed by atoms with Crippen molar-refractivity contribution in [2.24, 2.45) is 0 Å². The Morgan fingerprint density at radius 2 is 2.32 bits per heavy atom. The first-order valence-electron chi connectivity index (χ1n) is 5.64. The smallest absolute Gasteiger partial charge is 0.170 e. The number of nitrogens with one attached hydrogen (secondary N) is 1. The molecule has 0 fully saturated rings. The van der Waals surface area contributed by atoms with E-state index in [1.165, 1.54) is 10.7 Å². The summed E-state index contributed by atoms with van der Waals surface area (Å²) in [4.78, 5) is 0. The summed E-state index contributed by atoms with van der Waals surface area (Å²) in [5.41, 5.74) is 0.578. The van der Waals surface area contributed by atoms with Gasteiger partial charge in [0.05, 0.1) is 23.3 Å². The first-order valence-corrected chi connectivity index (χ1v) is 6.44. The number of methoxy groups -OCH3 is 1. The molecule has 0 aliphatic heterocycles. The second-order valence-corrected chi connectivity index (χ2v) is 4.63. The van der Waals surface area contributed by atoms with Crippen molar-refractivity contribution >= 4 is 15.9 Å². The number of halogens is 2. The lowest BCUT2D eigenvalue weighted by molar-refractivity contribution is 0.199. The molecule has 0 aliphatic carbocycles. The van der Waals surface area contributed by atoms with E-state index in [0.717, 1.165) is 0 Å². The molecule has 0 atom stereocenters. The zero-order valence-electron chi connectivity index (χ0n) is 10.3. The molecule has 0 saturated heterocycles. The van der Waals surface area contributed by atoms with Crippen LogP contribution in [0.2, 0.25) is 0 Å². The standard InChI is InChI=1S/C11H13BrFN5O/c1-19-5-4-14-7-11-15-16-17-18(11)8-2-3-9(12)10(13)6-8/h2-3,6,14H,4-5,7H2,1H3. The molecule has 102 valence electrons. The highest BCUT2D eigenvalue weighted by Crippen LogP contribution is 2.18. The number of ether oxygens (including phenoxy) is 1. The Morgan fingerprint density at radius 1 is 1.47 bits per heavy atom. The number of nitrogens with zero attached hydrogens (tertiary/aromatic N) is 4. The summed E-state index contributed by atoms with van der Waals surface area (Å²) >= 11 is 3.11. The van der Waals surface area contributed by atoms with Crippen molar-refractivity contribution in [1.29, 1.82) is 0 Å². The first-order chi connectivity index (χ1) is 9.22. The molecular formula is C11H13BrFN5O. The van der Waals surface area contributed by atoms with Gasteiger partial charge in [-0.25, -0.2) is 4.39 Å². The van der Waals surface area contributed by atoms with E-state index in [4.69, 9.17) is 4.74 Å². The van der Waals surface area contributed by atoms with Crippen LogP contribution in [0.1, 0.15) is 5.82 Å². The summed E-state index contributed by atoms with van der Waals surface area (Å²) < 4.78 is 20.3. The zero-order valence-corrected chi connectivity index (χ0v) is 11.9. The van der Waals surface area contributed by atoms with Crippen LogP contribution < -0.4 is 5.32 Å². The highest BCUT2D eigenvalue weighted by molar-refractivity contribution is 9.10. The van der Waals surface area contributed by atoms with E-state index in [-0.39, 0.29) is 5.82 Å². The molecule has 1 aromatic carbocycles. The summed E-state index contributed by atoms with van der Waals surface area (Å²) in [5, 5.41) is 14.5. The number of hydrogen-bond donors (Lipinski definition) is 1. The third-order valence-corrected chi connectivity index (χ3v) is 3.09. The van der Waals surface area contributed by atoms with Gasteiger partial charge in [-0.1, -0.05) is 0 Å². The van der Waals surface area contributed by atoms with Gasteiger partial charge in [-0.05, 0) is 38.5 Å². The van der Waals surface area contributed by atoms with Crippen molar-refractivity contribution < 1.29 is 9.13 Å². The lowest BCUT2D eigenvalue weighted by Crippen LogP contribution is -2.21. The fourth-order valence-corrected chi connectivity index (χ4v) is 1.75. The molecular weight excluding hydrogens is 317 g/mol. The van der Waals surface area contributed by atoms with E-state index < -0.39 is 0 Å². The van der Waals surface area contributed by atoms with Gasteiger partial charge in [-0.15, -0.1) is 5.10 Å². The van der Waals surface area contributed by atoms with Crippen LogP contribution in [0.25, 0.3) is 5.69 Å². The summed E-state index contributed by atoms with van der Waals surface area (Å²) in [5.74, 6) is 0.254. The molecule has 0 bridgehead atoms. The number of aromatic nitrogens is 4. The molecule has 1 heterocycles. The fourth-order valence-electron chi connectivity index (χ4n) is 1.51. The van der Waals surface area contributed by atoms with E-state index in [0.29, 0.717) is 35.7 Å². The van der Waals surface area contributed by atoms with Gasteiger partial charge < -0.3 is 10.1 Å². The number of benzene rings is 1. The third kappa shape index (κ3) is 3.55. The maximum Gasteiger partial charge on any atom is 0.170 e. The van der Waals surface area contributed by atoms with Crippen molar-refractivity contribution in [3.8, 4) is 5.69 Å². The van der Waals surface area contributed by atoms with Crippen LogP contribution in [0, 0.1) is 5.82 Å². The van der Waals surface area contributed by atoms with Crippen LogP contribution in [0.3, 0.4) is 0 Å². The SMILES string of the molecule is COCCNCc1nnnn1-c1ccc(Br)c(F)c1. The molecule has 0 spiro atoms. The predicted octanol–water partition coefficient (Wildman–Crippen LogP) is 1.30. The zero-order chi connectivity index (χ0) is 13.7. The number of rotatable bonds is 6. The Hall–Kier alpha value is -1.38. The van der Waals surface area contributed by atoms with Crippen LogP contribution in [0.4, 0.5) is 4.39 Å². The van der Waals surface area contributed by atoms with Gasteiger partial charge in [0.1, 0.15) is 5.82 Å². The Morgan fingerprint density at radius 3 is 3.05 bits per heavy atom. The van der Waals surface area contributed by atoms with Crippen molar-refractivity contribution in [3.05, 3.63) is 34.3 Å². The first kappa shape index (κ1) is 14.0. The van der Waals surface area contributed by atoms with Crippen molar-refractivity contribution in [2.75, 3.05) is 20.3 Å². The average Bonchev–Trinajstić information content (AvgIpc) is 2.86. The van der Waals surface area contributed by atoms with Gasteiger partial charge in [-0.2, -0.15) is 4.68 Å². The second kappa shape index (κ2) is 6.69. The number of tetrazole rings is 1. The van der Waals surface area contributed by atoms with Gasteiger partial charge in [0.25, 0.3) is 0 Å². The molecule has 2 aromatic rings. The van der Waals surface area contributed by atoms with Crippen LogP contribution in [0.15, 0.2) is 22.7 Å². The van der Waals surface area contributed by atoms with Crippen LogP contribution in [0.5, 0.6) is 0 Å². The summed E-state index contributed by atoms with van der Waals surface area (Å²) in [7, 11) is 1.64. The van der Waals surface area contributed by atoms with Crippen LogP contribution in [-0.2, 0) is 11.3 Å². The quantitative estimate of drug-likeness (QED) is 0.809. The van der Waals surface area contributed by atoms with Crippen LogP contribution >= 0.6 is 15.9 Å². The van der Waals surface area contributed by atoms with E-state index >= 15 is 0 Å². The van der Waals surface area contributed by atoms with Crippen molar-refractivity contribution in [1.82, 2.24) is 25.5 Å². The molecule has 0 unspecified atom stereocenters. The molecule has 2 rings (SSSR count). The Bertz CT molecular complexity index is 548. The van der Waals surface area contributed by atoms with Crippen molar-refractivity contribution in [3.63, 3.8) is 0 Å².